The molecule has 1 atom stereocenters. The van der Waals surface area contributed by atoms with Gasteiger partial charge in [-0.25, -0.2) is 18.5 Å². The first-order valence-electron chi connectivity index (χ1n) is 7.82. The third-order valence-corrected chi connectivity index (χ3v) is 5.39. The molecule has 2 aromatic rings. The molecular weight excluding hydrogens is 526 g/mol. The summed E-state index contributed by atoms with van der Waals surface area (Å²) < 4.78 is 69.1. The molecular formula is C17H8BrCl2F5N2O3. The fourth-order valence-electron chi connectivity index (χ4n) is 2.79. The fraction of sp³-hybridized carbons (Fsp3) is 0.176. The second-order valence-corrected chi connectivity index (χ2v) is 7.74. The number of alkyl halides is 3. The van der Waals surface area contributed by atoms with Crippen molar-refractivity contribution >= 4 is 56.7 Å². The number of rotatable bonds is 2. The van der Waals surface area contributed by atoms with Crippen molar-refractivity contribution in [1.82, 2.24) is 0 Å². The van der Waals surface area contributed by atoms with Crippen LogP contribution in [0.25, 0.3) is 0 Å². The molecule has 0 radical (unpaired) electrons. The lowest BCUT2D eigenvalue weighted by Crippen LogP contribution is -2.45. The van der Waals surface area contributed by atoms with E-state index in [1.807, 2.05) is 0 Å². The first kappa shape index (κ1) is 22.6. The summed E-state index contributed by atoms with van der Waals surface area (Å²) in [6.07, 6.45) is -7.91. The van der Waals surface area contributed by atoms with E-state index in [4.69, 9.17) is 28.0 Å². The maximum atomic E-state index is 14.0. The molecule has 30 heavy (non-hydrogen) atoms. The van der Waals surface area contributed by atoms with E-state index in [0.29, 0.717) is 17.0 Å². The molecule has 3 rings (SSSR count). The Morgan fingerprint density at radius 1 is 1.20 bits per heavy atom. The number of oxime groups is 1. The number of nitrogens with zero attached hydrogens (tertiary/aromatic N) is 2. The molecule has 160 valence electrons. The summed E-state index contributed by atoms with van der Waals surface area (Å²) >= 11 is 14.1. The summed E-state index contributed by atoms with van der Waals surface area (Å²) in [5.41, 5.74) is -4.03. The standard InChI is InChI=1S/C17H8BrCl2F5N2O3/c18-9-5-8(1-2-12(9)21)27(15(28)29)13-6-16(30-26-13,17(23,24)25)7-3-10(19)14(22)11(20)4-7/h1-5H,6H2,(H,28,29). The van der Waals surface area contributed by atoms with E-state index in [9.17, 15) is 31.9 Å². The SMILES string of the molecule is O=C(O)N(C1=NOC(c2cc(Cl)c(F)c(Cl)c2)(C(F)(F)F)C1)c1ccc(F)c(Br)c1. The molecule has 0 saturated heterocycles. The minimum absolute atomic E-state index is 0.120. The van der Waals surface area contributed by atoms with Gasteiger partial charge in [-0.05, 0) is 46.3 Å². The Kier molecular flexibility index (Phi) is 5.91. The van der Waals surface area contributed by atoms with Crippen molar-refractivity contribution in [1.29, 1.82) is 0 Å². The van der Waals surface area contributed by atoms with Crippen LogP contribution in [0.4, 0.5) is 32.4 Å². The van der Waals surface area contributed by atoms with Crippen LogP contribution in [0, 0.1) is 11.6 Å². The van der Waals surface area contributed by atoms with Gasteiger partial charge in [-0.2, -0.15) is 13.2 Å². The van der Waals surface area contributed by atoms with E-state index in [0.717, 1.165) is 18.2 Å². The van der Waals surface area contributed by atoms with Crippen LogP contribution in [0.3, 0.4) is 0 Å². The highest BCUT2D eigenvalue weighted by molar-refractivity contribution is 9.10. The van der Waals surface area contributed by atoms with Crippen LogP contribution in [0.1, 0.15) is 12.0 Å². The summed E-state index contributed by atoms with van der Waals surface area (Å²) in [5, 5.41) is 11.5. The van der Waals surface area contributed by atoms with Crippen molar-refractivity contribution in [2.45, 2.75) is 18.2 Å². The molecule has 1 heterocycles. The summed E-state index contributed by atoms with van der Waals surface area (Å²) in [6.45, 7) is 0. The molecule has 0 saturated carbocycles. The zero-order chi connectivity index (χ0) is 22.4. The van der Waals surface area contributed by atoms with Crippen LogP contribution in [-0.2, 0) is 10.4 Å². The van der Waals surface area contributed by atoms with Crippen LogP contribution >= 0.6 is 39.1 Å². The van der Waals surface area contributed by atoms with Gasteiger partial charge >= 0.3 is 12.3 Å². The minimum Gasteiger partial charge on any atom is -0.464 e. The second kappa shape index (κ2) is 7.86. The normalized spacial score (nSPS) is 18.7. The Morgan fingerprint density at radius 2 is 1.80 bits per heavy atom. The highest BCUT2D eigenvalue weighted by Crippen LogP contribution is 2.50. The number of carbonyl (C=O) groups is 1. The van der Waals surface area contributed by atoms with Gasteiger partial charge in [0.2, 0.25) is 0 Å². The molecule has 2 aromatic carbocycles. The van der Waals surface area contributed by atoms with Crippen LogP contribution in [-0.4, -0.2) is 23.2 Å². The lowest BCUT2D eigenvalue weighted by atomic mass is 9.89. The lowest BCUT2D eigenvalue weighted by molar-refractivity contribution is -0.275. The van der Waals surface area contributed by atoms with Crippen LogP contribution in [0.2, 0.25) is 10.0 Å². The van der Waals surface area contributed by atoms with Gasteiger partial charge in [0.05, 0.1) is 26.6 Å². The van der Waals surface area contributed by atoms with E-state index in [1.165, 1.54) is 0 Å². The second-order valence-electron chi connectivity index (χ2n) is 6.07. The molecule has 5 nitrogen and oxygen atoms in total. The number of amides is 1. The number of carboxylic acid groups (broad SMARTS) is 1. The minimum atomic E-state index is -5.11. The van der Waals surface area contributed by atoms with Crippen LogP contribution in [0.15, 0.2) is 40.0 Å². The van der Waals surface area contributed by atoms with Gasteiger partial charge in [0.1, 0.15) is 5.82 Å². The molecule has 0 bridgehead atoms. The van der Waals surface area contributed by atoms with Gasteiger partial charge in [-0.1, -0.05) is 28.4 Å². The quantitative estimate of drug-likeness (QED) is 0.345. The van der Waals surface area contributed by atoms with Gasteiger partial charge in [0.25, 0.3) is 5.60 Å². The van der Waals surface area contributed by atoms with Gasteiger partial charge < -0.3 is 9.94 Å². The van der Waals surface area contributed by atoms with Gasteiger partial charge in [-0.15, -0.1) is 0 Å². The molecule has 1 aliphatic heterocycles. The number of halogens is 8. The van der Waals surface area contributed by atoms with E-state index in [-0.39, 0.29) is 10.2 Å². The van der Waals surface area contributed by atoms with E-state index < -0.39 is 57.4 Å². The number of amidine groups is 1. The lowest BCUT2D eigenvalue weighted by Gasteiger charge is -2.30. The summed E-state index contributed by atoms with van der Waals surface area (Å²) in [5.74, 6) is -2.48. The fourth-order valence-corrected chi connectivity index (χ4v) is 3.64. The molecule has 1 amide bonds. The van der Waals surface area contributed by atoms with Crippen molar-refractivity contribution in [3.8, 4) is 0 Å². The molecule has 0 spiro atoms. The zero-order valence-corrected chi connectivity index (χ0v) is 17.4. The maximum absolute atomic E-state index is 14.0. The number of anilines is 1. The molecule has 0 aliphatic carbocycles. The topological polar surface area (TPSA) is 62.1 Å². The van der Waals surface area contributed by atoms with Crippen LogP contribution < -0.4 is 4.90 Å². The van der Waals surface area contributed by atoms with E-state index in [2.05, 4.69) is 21.1 Å². The zero-order valence-electron chi connectivity index (χ0n) is 14.3. The highest BCUT2D eigenvalue weighted by Gasteiger charge is 2.63. The predicted molar refractivity (Wildman–Crippen MR) is 102 cm³/mol. The summed E-state index contributed by atoms with van der Waals surface area (Å²) in [4.78, 5) is 16.8. The number of hydrogen-bond donors (Lipinski definition) is 1. The maximum Gasteiger partial charge on any atom is 0.435 e. The average molecular weight is 534 g/mol. The molecule has 0 fully saturated rings. The average Bonchev–Trinajstić information content (AvgIpc) is 3.08. The van der Waals surface area contributed by atoms with E-state index >= 15 is 0 Å². The third-order valence-electron chi connectivity index (χ3n) is 4.23. The summed E-state index contributed by atoms with van der Waals surface area (Å²) in [6, 6.07) is 4.35. The highest BCUT2D eigenvalue weighted by atomic mass is 79.9. The van der Waals surface area contributed by atoms with Crippen molar-refractivity contribution in [2.75, 3.05) is 4.90 Å². The van der Waals surface area contributed by atoms with Gasteiger partial charge in [-0.3, -0.25) is 0 Å². The third kappa shape index (κ3) is 3.81. The molecule has 0 aromatic heterocycles. The van der Waals surface area contributed by atoms with E-state index in [1.54, 1.807) is 0 Å². The predicted octanol–water partition coefficient (Wildman–Crippen LogP) is 6.71. The van der Waals surface area contributed by atoms with Crippen molar-refractivity contribution in [3.63, 3.8) is 0 Å². The number of hydrogen-bond acceptors (Lipinski definition) is 3. The Balaban J connectivity index is 2.08. The smallest absolute Gasteiger partial charge is 0.435 e. The van der Waals surface area contributed by atoms with Crippen molar-refractivity contribution < 1.29 is 36.7 Å². The first-order chi connectivity index (χ1) is 13.9. The Morgan fingerprint density at radius 3 is 2.30 bits per heavy atom. The largest absolute Gasteiger partial charge is 0.464 e. The van der Waals surface area contributed by atoms with Crippen molar-refractivity contribution in [2.24, 2.45) is 5.16 Å². The van der Waals surface area contributed by atoms with Crippen LogP contribution in [0.5, 0.6) is 0 Å². The molecule has 1 N–H and O–H groups in total. The van der Waals surface area contributed by atoms with Crippen molar-refractivity contribution in [3.05, 3.63) is 62.0 Å². The van der Waals surface area contributed by atoms with Gasteiger partial charge in [0, 0.05) is 5.56 Å². The monoisotopic (exact) mass is 532 g/mol. The first-order valence-corrected chi connectivity index (χ1v) is 9.37. The molecule has 13 heteroatoms. The Labute approximate surface area is 183 Å². The van der Waals surface area contributed by atoms with Gasteiger partial charge in [0.15, 0.2) is 11.7 Å². The number of benzene rings is 2. The summed E-state index contributed by atoms with van der Waals surface area (Å²) in [7, 11) is 0. The molecule has 1 unspecified atom stereocenters. The Bertz CT molecular complexity index is 1040. The Hall–Kier alpha value is -2.11. The molecule has 1 aliphatic rings.